The Labute approximate surface area is 83.2 Å². The minimum atomic E-state index is -0.898. The van der Waals surface area contributed by atoms with E-state index in [-0.39, 0.29) is 18.1 Å². The van der Waals surface area contributed by atoms with Gasteiger partial charge in [0.15, 0.2) is 0 Å². The Morgan fingerprint density at radius 3 is 2.50 bits per heavy atom. The van der Waals surface area contributed by atoms with Gasteiger partial charge in [0.1, 0.15) is 5.78 Å². The van der Waals surface area contributed by atoms with E-state index in [2.05, 4.69) is 0 Å². The van der Waals surface area contributed by atoms with Crippen LogP contribution in [0, 0.1) is 11.8 Å². The number of Topliss-reactive ketones (excluding diaryl/α,β-unsaturated/α-hetero) is 1. The van der Waals surface area contributed by atoms with Gasteiger partial charge in [0.25, 0.3) is 0 Å². The number of aliphatic carboxylic acids is 1. The number of hydrogen-bond acceptors (Lipinski definition) is 3. The van der Waals surface area contributed by atoms with Gasteiger partial charge in [-0.05, 0) is 12.8 Å². The maximum atomic E-state index is 11.6. The highest BCUT2D eigenvalue weighted by molar-refractivity contribution is 5.85. The molecule has 4 heteroatoms. The summed E-state index contributed by atoms with van der Waals surface area (Å²) in [5, 5.41) is 8.65. The normalized spacial score (nSPS) is 20.4. The molecule has 14 heavy (non-hydrogen) atoms. The summed E-state index contributed by atoms with van der Waals surface area (Å²) >= 11 is 0. The van der Waals surface area contributed by atoms with Crippen molar-refractivity contribution in [3.8, 4) is 0 Å². The Bertz CT molecular complexity index is 218. The molecule has 0 spiro atoms. The quantitative estimate of drug-likeness (QED) is 0.737. The van der Waals surface area contributed by atoms with Crippen molar-refractivity contribution in [2.75, 3.05) is 13.2 Å². The van der Waals surface area contributed by atoms with Crippen LogP contribution in [0.25, 0.3) is 0 Å². The van der Waals surface area contributed by atoms with Gasteiger partial charge in [-0.25, -0.2) is 0 Å². The van der Waals surface area contributed by atoms with E-state index in [0.717, 1.165) is 12.8 Å². The van der Waals surface area contributed by atoms with E-state index in [1.54, 1.807) is 6.92 Å². The van der Waals surface area contributed by atoms with Crippen LogP contribution in [0.1, 0.15) is 26.2 Å². The third kappa shape index (κ3) is 3.10. The van der Waals surface area contributed by atoms with Gasteiger partial charge in [-0.2, -0.15) is 0 Å². The summed E-state index contributed by atoms with van der Waals surface area (Å²) in [5.74, 6) is -1.37. The van der Waals surface area contributed by atoms with Crippen molar-refractivity contribution in [3.63, 3.8) is 0 Å². The van der Waals surface area contributed by atoms with E-state index >= 15 is 0 Å². The van der Waals surface area contributed by atoms with E-state index in [4.69, 9.17) is 9.84 Å². The lowest BCUT2D eigenvalue weighted by atomic mass is 9.90. The molecule has 0 aromatic rings. The first-order valence-electron chi connectivity index (χ1n) is 4.94. The number of hydrogen-bond donors (Lipinski definition) is 1. The number of ether oxygens (including phenoxy) is 1. The second kappa shape index (κ2) is 5.10. The van der Waals surface area contributed by atoms with Crippen molar-refractivity contribution < 1.29 is 19.4 Å². The maximum absolute atomic E-state index is 11.6. The summed E-state index contributed by atoms with van der Waals surface area (Å²) in [6.07, 6.45) is 1.64. The molecule has 1 fully saturated rings. The molecule has 0 bridgehead atoms. The van der Waals surface area contributed by atoms with Gasteiger partial charge in [0.2, 0.25) is 0 Å². The average Bonchev–Trinajstić information content (AvgIpc) is 2.19. The summed E-state index contributed by atoms with van der Waals surface area (Å²) in [6, 6.07) is 0. The van der Waals surface area contributed by atoms with Gasteiger partial charge < -0.3 is 9.84 Å². The molecular weight excluding hydrogens is 184 g/mol. The van der Waals surface area contributed by atoms with Crippen LogP contribution < -0.4 is 0 Å². The Morgan fingerprint density at radius 1 is 1.43 bits per heavy atom. The molecule has 1 heterocycles. The molecule has 0 aliphatic carbocycles. The van der Waals surface area contributed by atoms with Gasteiger partial charge in [-0.1, -0.05) is 6.92 Å². The van der Waals surface area contributed by atoms with E-state index in [1.807, 2.05) is 0 Å². The predicted octanol–water partition coefficient (Wildman–Crippen LogP) is 1.09. The van der Waals surface area contributed by atoms with Crippen molar-refractivity contribution in [2.24, 2.45) is 11.8 Å². The summed E-state index contributed by atoms with van der Waals surface area (Å²) in [6.45, 7) is 2.81. The molecule has 0 aromatic carbocycles. The lowest BCUT2D eigenvalue weighted by Crippen LogP contribution is -2.26. The van der Waals surface area contributed by atoms with Crippen LogP contribution >= 0.6 is 0 Å². The largest absolute Gasteiger partial charge is 0.481 e. The third-order valence-corrected chi connectivity index (χ3v) is 2.61. The Balaban J connectivity index is 2.36. The molecule has 1 aliphatic rings. The molecule has 0 aromatic heterocycles. The molecule has 1 N–H and O–H groups in total. The van der Waals surface area contributed by atoms with Gasteiger partial charge in [0.05, 0.1) is 5.92 Å². The van der Waals surface area contributed by atoms with Crippen molar-refractivity contribution in [2.45, 2.75) is 26.2 Å². The molecule has 1 aliphatic heterocycles. The zero-order valence-corrected chi connectivity index (χ0v) is 8.36. The van der Waals surface area contributed by atoms with E-state index in [9.17, 15) is 9.59 Å². The van der Waals surface area contributed by atoms with Crippen molar-refractivity contribution in [1.82, 2.24) is 0 Å². The van der Waals surface area contributed by atoms with Crippen LogP contribution in [0.15, 0.2) is 0 Å². The number of ketones is 1. The lowest BCUT2D eigenvalue weighted by molar-refractivity contribution is -0.143. The van der Waals surface area contributed by atoms with Gasteiger partial charge in [0, 0.05) is 25.6 Å². The summed E-state index contributed by atoms with van der Waals surface area (Å²) in [7, 11) is 0. The van der Waals surface area contributed by atoms with Crippen molar-refractivity contribution >= 4 is 11.8 Å². The monoisotopic (exact) mass is 200 g/mol. The van der Waals surface area contributed by atoms with Gasteiger partial charge in [-0.15, -0.1) is 0 Å². The van der Waals surface area contributed by atoms with E-state index in [0.29, 0.717) is 13.2 Å². The maximum Gasteiger partial charge on any atom is 0.306 e. The Hall–Kier alpha value is -0.900. The fourth-order valence-electron chi connectivity index (χ4n) is 1.58. The van der Waals surface area contributed by atoms with Gasteiger partial charge >= 0.3 is 5.97 Å². The number of rotatable bonds is 4. The number of carbonyl (C=O) groups is 2. The first kappa shape index (κ1) is 11.2. The second-order valence-corrected chi connectivity index (χ2v) is 3.80. The van der Waals surface area contributed by atoms with Crippen LogP contribution in [0.5, 0.6) is 0 Å². The van der Waals surface area contributed by atoms with Gasteiger partial charge in [-0.3, -0.25) is 9.59 Å². The number of carbonyl (C=O) groups excluding carboxylic acids is 1. The SMILES string of the molecule is CC(CC(=O)C1CCOCC1)C(=O)O. The lowest BCUT2D eigenvalue weighted by Gasteiger charge is -2.21. The van der Waals surface area contributed by atoms with Crippen LogP contribution in [0.3, 0.4) is 0 Å². The van der Waals surface area contributed by atoms with Crippen LogP contribution in [0.4, 0.5) is 0 Å². The van der Waals surface area contributed by atoms with Crippen LogP contribution in [0.2, 0.25) is 0 Å². The molecule has 1 unspecified atom stereocenters. The molecule has 0 saturated carbocycles. The molecule has 0 radical (unpaired) electrons. The standard InChI is InChI=1S/C10H16O4/c1-7(10(12)13)6-9(11)8-2-4-14-5-3-8/h7-8H,2-6H2,1H3,(H,12,13). The Morgan fingerprint density at radius 2 is 2.00 bits per heavy atom. The molecule has 1 saturated heterocycles. The smallest absolute Gasteiger partial charge is 0.306 e. The number of carboxylic acid groups (broad SMARTS) is 1. The molecule has 4 nitrogen and oxygen atoms in total. The number of carboxylic acids is 1. The van der Waals surface area contributed by atoms with Crippen LogP contribution in [-0.2, 0) is 14.3 Å². The average molecular weight is 200 g/mol. The zero-order valence-electron chi connectivity index (χ0n) is 8.36. The van der Waals surface area contributed by atoms with Crippen molar-refractivity contribution in [3.05, 3.63) is 0 Å². The molecule has 1 atom stereocenters. The summed E-state index contributed by atoms with van der Waals surface area (Å²) in [5.41, 5.74) is 0. The minimum Gasteiger partial charge on any atom is -0.481 e. The highest BCUT2D eigenvalue weighted by Crippen LogP contribution is 2.19. The van der Waals surface area contributed by atoms with E-state index < -0.39 is 11.9 Å². The fourth-order valence-corrected chi connectivity index (χ4v) is 1.58. The van der Waals surface area contributed by atoms with Crippen LogP contribution in [-0.4, -0.2) is 30.1 Å². The predicted molar refractivity (Wildman–Crippen MR) is 50.0 cm³/mol. The highest BCUT2D eigenvalue weighted by Gasteiger charge is 2.24. The van der Waals surface area contributed by atoms with E-state index in [1.165, 1.54) is 0 Å². The molecule has 0 amide bonds. The van der Waals surface area contributed by atoms with Crippen molar-refractivity contribution in [1.29, 1.82) is 0 Å². The molecular formula is C10H16O4. The second-order valence-electron chi connectivity index (χ2n) is 3.80. The zero-order chi connectivity index (χ0) is 10.6. The minimum absolute atomic E-state index is 0.0190. The topological polar surface area (TPSA) is 63.6 Å². The Kier molecular flexibility index (Phi) is 4.07. The molecule has 80 valence electrons. The fraction of sp³-hybridized carbons (Fsp3) is 0.800. The highest BCUT2D eigenvalue weighted by atomic mass is 16.5. The first-order valence-corrected chi connectivity index (χ1v) is 4.94. The first-order chi connectivity index (χ1) is 6.61. The summed E-state index contributed by atoms with van der Waals surface area (Å²) in [4.78, 5) is 22.1. The third-order valence-electron chi connectivity index (χ3n) is 2.61. The molecule has 1 rings (SSSR count). The summed E-state index contributed by atoms with van der Waals surface area (Å²) < 4.78 is 5.13.